The summed E-state index contributed by atoms with van der Waals surface area (Å²) in [5, 5.41) is 3.63. The van der Waals surface area contributed by atoms with E-state index in [0.717, 1.165) is 14.6 Å². The fourth-order valence-corrected chi connectivity index (χ4v) is 2.33. The summed E-state index contributed by atoms with van der Waals surface area (Å²) in [5.41, 5.74) is 6.70. The number of primary amides is 1. The lowest BCUT2D eigenvalue weighted by Gasteiger charge is -2.16. The maximum atomic E-state index is 11.6. The van der Waals surface area contributed by atoms with Gasteiger partial charge in [0.15, 0.2) is 0 Å². The van der Waals surface area contributed by atoms with Crippen molar-refractivity contribution in [1.82, 2.24) is 4.98 Å². The molecule has 2 aromatic rings. The van der Waals surface area contributed by atoms with Crippen LogP contribution in [-0.2, 0) is 4.79 Å². The van der Waals surface area contributed by atoms with Crippen molar-refractivity contribution in [2.75, 3.05) is 5.32 Å². The van der Waals surface area contributed by atoms with E-state index in [9.17, 15) is 4.79 Å². The number of pyridine rings is 1. The van der Waals surface area contributed by atoms with E-state index in [1.807, 2.05) is 0 Å². The van der Waals surface area contributed by atoms with Crippen molar-refractivity contribution in [2.45, 2.75) is 6.04 Å². The van der Waals surface area contributed by atoms with Gasteiger partial charge in [0.2, 0.25) is 5.91 Å². The Labute approximate surface area is 138 Å². The Morgan fingerprint density at radius 2 is 2.05 bits per heavy atom. The second-order valence-corrected chi connectivity index (χ2v) is 6.19. The molecule has 2 rings (SSSR count). The predicted molar refractivity (Wildman–Crippen MR) is 86.6 cm³/mol. The highest BCUT2D eigenvalue weighted by atomic mass is 79.9. The predicted octanol–water partition coefficient (Wildman–Crippen LogP) is 3.90. The number of hydrogen-bond acceptors (Lipinski definition) is 3. The Morgan fingerprint density at radius 3 is 2.60 bits per heavy atom. The fourth-order valence-electron chi connectivity index (χ4n) is 1.60. The lowest BCUT2D eigenvalue weighted by atomic mass is 10.1. The number of benzene rings is 1. The molecule has 0 saturated carbocycles. The molecule has 0 aliphatic heterocycles. The molecule has 1 atom stereocenters. The molecule has 0 aliphatic carbocycles. The van der Waals surface area contributed by atoms with E-state index in [-0.39, 0.29) is 0 Å². The molecule has 7 heteroatoms. The molecule has 0 bridgehead atoms. The van der Waals surface area contributed by atoms with Gasteiger partial charge in [-0.2, -0.15) is 0 Å². The number of aromatic nitrogens is 1. The standard InChI is InChI=1S/C13H10Br2ClN3O/c14-7-1-4-11(18-6-7)12(13(17)20)19-8-2-3-10(16)9(15)5-8/h1-6,12,19H,(H2,17,20). The Balaban J connectivity index is 2.27. The van der Waals surface area contributed by atoms with E-state index in [1.165, 1.54) is 0 Å². The molecule has 104 valence electrons. The van der Waals surface area contributed by atoms with Crippen LogP contribution in [0.1, 0.15) is 11.7 Å². The van der Waals surface area contributed by atoms with E-state index in [1.54, 1.807) is 36.5 Å². The zero-order chi connectivity index (χ0) is 14.7. The van der Waals surface area contributed by atoms with Gasteiger partial charge in [-0.15, -0.1) is 0 Å². The number of nitrogens with zero attached hydrogens (tertiary/aromatic N) is 1. The van der Waals surface area contributed by atoms with Gasteiger partial charge in [0.05, 0.1) is 10.7 Å². The monoisotopic (exact) mass is 417 g/mol. The van der Waals surface area contributed by atoms with Crippen molar-refractivity contribution in [1.29, 1.82) is 0 Å². The number of carbonyl (C=O) groups is 1. The van der Waals surface area contributed by atoms with Crippen LogP contribution in [0, 0.1) is 0 Å². The maximum Gasteiger partial charge on any atom is 0.246 e. The highest BCUT2D eigenvalue weighted by Gasteiger charge is 2.19. The Morgan fingerprint density at radius 1 is 1.30 bits per heavy atom. The number of rotatable bonds is 4. The van der Waals surface area contributed by atoms with Gasteiger partial charge < -0.3 is 11.1 Å². The first kappa shape index (κ1) is 15.3. The molecule has 4 nitrogen and oxygen atoms in total. The number of nitrogens with one attached hydrogen (secondary N) is 1. The van der Waals surface area contributed by atoms with Crippen molar-refractivity contribution in [3.8, 4) is 0 Å². The molecule has 0 aliphatic rings. The van der Waals surface area contributed by atoms with Gasteiger partial charge in [-0.05, 0) is 62.2 Å². The van der Waals surface area contributed by atoms with Crippen LogP contribution in [-0.4, -0.2) is 10.9 Å². The van der Waals surface area contributed by atoms with E-state index in [4.69, 9.17) is 17.3 Å². The quantitative estimate of drug-likeness (QED) is 0.790. The number of anilines is 1. The van der Waals surface area contributed by atoms with E-state index in [2.05, 4.69) is 42.2 Å². The van der Waals surface area contributed by atoms with Crippen LogP contribution < -0.4 is 11.1 Å². The largest absolute Gasteiger partial charge is 0.369 e. The van der Waals surface area contributed by atoms with Crippen molar-refractivity contribution < 1.29 is 4.79 Å². The summed E-state index contributed by atoms with van der Waals surface area (Å²) < 4.78 is 1.56. The first-order valence-corrected chi connectivity index (χ1v) is 7.56. The van der Waals surface area contributed by atoms with Crippen molar-refractivity contribution in [2.24, 2.45) is 5.73 Å². The molecule has 0 radical (unpaired) electrons. The topological polar surface area (TPSA) is 68.0 Å². The van der Waals surface area contributed by atoms with E-state index >= 15 is 0 Å². The molecule has 1 aromatic heterocycles. The summed E-state index contributed by atoms with van der Waals surface area (Å²) in [7, 11) is 0. The van der Waals surface area contributed by atoms with Crippen LogP contribution >= 0.6 is 43.5 Å². The van der Waals surface area contributed by atoms with Crippen LogP contribution in [0.5, 0.6) is 0 Å². The minimum Gasteiger partial charge on any atom is -0.369 e. The molecule has 1 heterocycles. The van der Waals surface area contributed by atoms with Crippen LogP contribution in [0.25, 0.3) is 0 Å². The lowest BCUT2D eigenvalue weighted by Crippen LogP contribution is -2.28. The number of halogens is 3. The van der Waals surface area contributed by atoms with Gasteiger partial charge in [0.1, 0.15) is 6.04 Å². The third-order valence-corrected chi connectivity index (χ3v) is 4.24. The molecule has 0 saturated heterocycles. The number of amides is 1. The van der Waals surface area contributed by atoms with Crippen molar-refractivity contribution in [3.63, 3.8) is 0 Å². The first-order chi connectivity index (χ1) is 9.47. The van der Waals surface area contributed by atoms with Crippen LogP contribution in [0.4, 0.5) is 5.69 Å². The minimum atomic E-state index is -0.712. The minimum absolute atomic E-state index is 0.508. The number of hydrogen-bond donors (Lipinski definition) is 2. The number of carbonyl (C=O) groups excluding carboxylic acids is 1. The summed E-state index contributed by atoms with van der Waals surface area (Å²) in [6.07, 6.45) is 1.62. The molecule has 1 amide bonds. The second kappa shape index (κ2) is 6.56. The zero-order valence-corrected chi connectivity index (χ0v) is 14.0. The molecule has 3 N–H and O–H groups in total. The summed E-state index contributed by atoms with van der Waals surface area (Å²) in [6, 6.07) is 8.09. The first-order valence-electron chi connectivity index (χ1n) is 5.59. The molecule has 1 aromatic carbocycles. The van der Waals surface area contributed by atoms with Gasteiger partial charge in [-0.25, -0.2) is 0 Å². The zero-order valence-electron chi connectivity index (χ0n) is 10.1. The Kier molecular flexibility index (Phi) is 5.01. The maximum absolute atomic E-state index is 11.6. The summed E-state index contributed by atoms with van der Waals surface area (Å²) in [5.74, 6) is -0.508. The molecule has 0 spiro atoms. The molecular formula is C13H10Br2ClN3O. The highest BCUT2D eigenvalue weighted by Crippen LogP contribution is 2.27. The molecule has 0 fully saturated rings. The lowest BCUT2D eigenvalue weighted by molar-refractivity contribution is -0.118. The Bertz CT molecular complexity index is 634. The van der Waals surface area contributed by atoms with Crippen molar-refractivity contribution in [3.05, 3.63) is 56.2 Å². The van der Waals surface area contributed by atoms with Gasteiger partial charge in [-0.3, -0.25) is 9.78 Å². The third kappa shape index (κ3) is 3.71. The molecule has 1 unspecified atom stereocenters. The normalized spacial score (nSPS) is 11.9. The third-order valence-electron chi connectivity index (χ3n) is 2.56. The van der Waals surface area contributed by atoms with E-state index in [0.29, 0.717) is 10.7 Å². The van der Waals surface area contributed by atoms with Gasteiger partial charge in [0, 0.05) is 20.8 Å². The van der Waals surface area contributed by atoms with Crippen molar-refractivity contribution >= 4 is 55.1 Å². The smallest absolute Gasteiger partial charge is 0.246 e. The van der Waals surface area contributed by atoms with Gasteiger partial charge in [-0.1, -0.05) is 11.6 Å². The second-order valence-electron chi connectivity index (χ2n) is 4.01. The SMILES string of the molecule is NC(=O)C(Nc1ccc(Cl)c(Br)c1)c1ccc(Br)cn1. The average Bonchev–Trinajstić information content (AvgIpc) is 2.41. The molecule has 20 heavy (non-hydrogen) atoms. The fraction of sp³-hybridized carbons (Fsp3) is 0.0769. The molecular weight excluding hydrogens is 409 g/mol. The summed E-state index contributed by atoms with van der Waals surface area (Å²) >= 11 is 12.6. The van der Waals surface area contributed by atoms with Crippen LogP contribution in [0.15, 0.2) is 45.5 Å². The Hall–Kier alpha value is -1.11. The van der Waals surface area contributed by atoms with Gasteiger partial charge >= 0.3 is 0 Å². The van der Waals surface area contributed by atoms with E-state index < -0.39 is 11.9 Å². The van der Waals surface area contributed by atoms with Crippen LogP contribution in [0.3, 0.4) is 0 Å². The summed E-state index contributed by atoms with van der Waals surface area (Å²) in [6.45, 7) is 0. The highest BCUT2D eigenvalue weighted by molar-refractivity contribution is 9.10. The number of nitrogens with two attached hydrogens (primary N) is 1. The average molecular weight is 420 g/mol. The summed E-state index contributed by atoms with van der Waals surface area (Å²) in [4.78, 5) is 15.8. The van der Waals surface area contributed by atoms with Gasteiger partial charge in [0.25, 0.3) is 0 Å². The van der Waals surface area contributed by atoms with Crippen LogP contribution in [0.2, 0.25) is 5.02 Å².